The van der Waals surface area contributed by atoms with Crippen molar-refractivity contribution in [1.82, 2.24) is 19.8 Å². The summed E-state index contributed by atoms with van der Waals surface area (Å²) < 4.78 is 12.2. The largest absolute Gasteiger partial charge is 0.496 e. The minimum atomic E-state index is -0.209. The highest BCUT2D eigenvalue weighted by Crippen LogP contribution is 2.32. The van der Waals surface area contributed by atoms with E-state index >= 15 is 0 Å². The van der Waals surface area contributed by atoms with Crippen molar-refractivity contribution in [3.8, 4) is 28.4 Å². The Morgan fingerprint density at radius 1 is 1.22 bits per heavy atom. The van der Waals surface area contributed by atoms with E-state index in [1.54, 1.807) is 7.11 Å². The number of nitrogens with zero attached hydrogens (tertiary/aromatic N) is 3. The first-order valence-electron chi connectivity index (χ1n) is 8.84. The molecule has 7 heteroatoms. The zero-order valence-electron chi connectivity index (χ0n) is 15.4. The molecule has 138 valence electrons. The second-order valence-electron chi connectivity index (χ2n) is 6.38. The lowest BCUT2D eigenvalue weighted by atomic mass is 10.1. The van der Waals surface area contributed by atoms with E-state index in [2.05, 4.69) is 22.2 Å². The molecule has 0 amide bonds. The van der Waals surface area contributed by atoms with Crippen molar-refractivity contribution < 1.29 is 9.26 Å². The number of hydrogen-bond donors (Lipinski definition) is 1. The molecule has 0 unspecified atom stereocenters. The van der Waals surface area contributed by atoms with E-state index in [1.807, 2.05) is 37.3 Å². The Labute approximate surface area is 155 Å². The third kappa shape index (κ3) is 2.91. The molecule has 0 saturated heterocycles. The Morgan fingerprint density at radius 3 is 2.81 bits per heavy atom. The molecule has 3 heterocycles. The highest BCUT2D eigenvalue weighted by molar-refractivity contribution is 5.75. The Bertz CT molecular complexity index is 1170. The predicted octanol–water partition coefficient (Wildman–Crippen LogP) is 3.61. The number of aryl methyl sites for hydroxylation is 2. The van der Waals surface area contributed by atoms with E-state index in [9.17, 15) is 4.79 Å². The number of methoxy groups -OCH3 is 1. The molecule has 0 aliphatic carbocycles. The second-order valence-corrected chi connectivity index (χ2v) is 6.38. The van der Waals surface area contributed by atoms with Gasteiger partial charge in [-0.3, -0.25) is 9.89 Å². The molecule has 0 fully saturated rings. The lowest BCUT2D eigenvalue weighted by Crippen LogP contribution is -2.14. The predicted molar refractivity (Wildman–Crippen MR) is 102 cm³/mol. The molecule has 1 N–H and O–H groups in total. The molecule has 27 heavy (non-hydrogen) atoms. The van der Waals surface area contributed by atoms with Crippen molar-refractivity contribution in [2.75, 3.05) is 7.11 Å². The van der Waals surface area contributed by atoms with Crippen LogP contribution < -0.4 is 10.3 Å². The van der Waals surface area contributed by atoms with Crippen LogP contribution in [0, 0.1) is 6.92 Å². The van der Waals surface area contributed by atoms with Gasteiger partial charge in [0, 0.05) is 29.7 Å². The average molecular weight is 364 g/mol. The summed E-state index contributed by atoms with van der Waals surface area (Å²) in [6, 6.07) is 11.0. The van der Waals surface area contributed by atoms with Gasteiger partial charge < -0.3 is 9.26 Å². The molecule has 3 aromatic heterocycles. The van der Waals surface area contributed by atoms with Crippen LogP contribution in [-0.4, -0.2) is 26.9 Å². The van der Waals surface area contributed by atoms with Gasteiger partial charge in [-0.15, -0.1) is 0 Å². The summed E-state index contributed by atoms with van der Waals surface area (Å²) in [4.78, 5) is 17.3. The van der Waals surface area contributed by atoms with Crippen molar-refractivity contribution in [3.05, 3.63) is 58.1 Å². The molecule has 0 aliphatic heterocycles. The highest BCUT2D eigenvalue weighted by Gasteiger charge is 2.17. The van der Waals surface area contributed by atoms with E-state index in [1.165, 1.54) is 10.6 Å². The molecular formula is C20H20N4O3. The standard InChI is InChI=1S/C20H20N4O3/c1-4-7-13-10-16(23-27-13)15-11-18(25)24-20(21-15)12(2)19(22-24)14-8-5-6-9-17(14)26-3/h5-6,8-11,22H,4,7H2,1-3H3. The van der Waals surface area contributed by atoms with E-state index in [0.29, 0.717) is 17.0 Å². The van der Waals surface area contributed by atoms with Gasteiger partial charge in [-0.25, -0.2) is 9.50 Å². The minimum Gasteiger partial charge on any atom is -0.496 e. The summed E-state index contributed by atoms with van der Waals surface area (Å²) in [5.74, 6) is 1.51. The van der Waals surface area contributed by atoms with Crippen molar-refractivity contribution >= 4 is 5.65 Å². The van der Waals surface area contributed by atoms with Crippen molar-refractivity contribution in [3.63, 3.8) is 0 Å². The maximum Gasteiger partial charge on any atom is 0.273 e. The summed E-state index contributed by atoms with van der Waals surface area (Å²) in [7, 11) is 1.62. The van der Waals surface area contributed by atoms with Gasteiger partial charge in [0.05, 0.1) is 12.8 Å². The molecule has 0 aliphatic rings. The fourth-order valence-electron chi connectivity index (χ4n) is 3.19. The Balaban J connectivity index is 1.88. The SMILES string of the molecule is CCCc1cc(-c2cc(=O)n3[nH]c(-c4ccccc4OC)c(C)c3n2)no1. The van der Waals surface area contributed by atoms with Crippen molar-refractivity contribution in [1.29, 1.82) is 0 Å². The molecule has 0 atom stereocenters. The van der Waals surface area contributed by atoms with Crippen molar-refractivity contribution in [2.45, 2.75) is 26.7 Å². The third-order valence-electron chi connectivity index (χ3n) is 4.55. The quantitative estimate of drug-likeness (QED) is 0.585. The molecular weight excluding hydrogens is 344 g/mol. The number of fused-ring (bicyclic) bond motifs is 1. The summed E-state index contributed by atoms with van der Waals surface area (Å²) >= 11 is 0. The molecule has 4 rings (SSSR count). The van der Waals surface area contributed by atoms with Gasteiger partial charge >= 0.3 is 0 Å². The number of H-pyrrole nitrogens is 1. The summed E-state index contributed by atoms with van der Waals surface area (Å²) in [5, 5.41) is 7.20. The lowest BCUT2D eigenvalue weighted by molar-refractivity contribution is 0.384. The first-order valence-corrected chi connectivity index (χ1v) is 8.84. The fraction of sp³-hybridized carbons (Fsp3) is 0.250. The van der Waals surface area contributed by atoms with Crippen LogP contribution in [-0.2, 0) is 6.42 Å². The van der Waals surface area contributed by atoms with Crippen LogP contribution in [0.15, 0.2) is 45.7 Å². The lowest BCUT2D eigenvalue weighted by Gasteiger charge is -2.06. The van der Waals surface area contributed by atoms with Gasteiger partial charge in [0.25, 0.3) is 5.56 Å². The van der Waals surface area contributed by atoms with Gasteiger partial charge in [-0.05, 0) is 25.5 Å². The molecule has 1 aromatic carbocycles. The number of benzene rings is 1. The van der Waals surface area contributed by atoms with Crippen LogP contribution in [0.25, 0.3) is 28.3 Å². The molecule has 0 radical (unpaired) electrons. The highest BCUT2D eigenvalue weighted by atomic mass is 16.5. The van der Waals surface area contributed by atoms with Crippen LogP contribution in [0.2, 0.25) is 0 Å². The third-order valence-corrected chi connectivity index (χ3v) is 4.55. The molecule has 0 saturated carbocycles. The smallest absolute Gasteiger partial charge is 0.273 e. The van der Waals surface area contributed by atoms with Crippen molar-refractivity contribution in [2.24, 2.45) is 0 Å². The van der Waals surface area contributed by atoms with E-state index in [4.69, 9.17) is 9.26 Å². The number of para-hydroxylation sites is 1. The van der Waals surface area contributed by atoms with E-state index in [0.717, 1.165) is 41.2 Å². The zero-order valence-corrected chi connectivity index (χ0v) is 15.4. The van der Waals surface area contributed by atoms with Gasteiger partial charge in [-0.1, -0.05) is 24.2 Å². The maximum atomic E-state index is 12.7. The zero-order chi connectivity index (χ0) is 19.0. The maximum absolute atomic E-state index is 12.7. The summed E-state index contributed by atoms with van der Waals surface area (Å²) in [5.41, 5.74) is 3.93. The van der Waals surface area contributed by atoms with Crippen LogP contribution in [0.4, 0.5) is 0 Å². The number of aromatic amines is 1. The minimum absolute atomic E-state index is 0.209. The van der Waals surface area contributed by atoms with Crippen LogP contribution in [0.1, 0.15) is 24.7 Å². The fourth-order valence-corrected chi connectivity index (χ4v) is 3.19. The van der Waals surface area contributed by atoms with Crippen LogP contribution in [0.3, 0.4) is 0 Å². The van der Waals surface area contributed by atoms with Gasteiger partial charge in [-0.2, -0.15) is 0 Å². The molecule has 4 aromatic rings. The number of rotatable bonds is 5. The molecule has 7 nitrogen and oxygen atoms in total. The number of aromatic nitrogens is 4. The normalized spacial score (nSPS) is 11.2. The molecule has 0 bridgehead atoms. The summed E-state index contributed by atoms with van der Waals surface area (Å²) in [6.45, 7) is 4.00. The van der Waals surface area contributed by atoms with Gasteiger partial charge in [0.15, 0.2) is 5.65 Å². The van der Waals surface area contributed by atoms with Crippen LogP contribution in [0.5, 0.6) is 5.75 Å². The van der Waals surface area contributed by atoms with Crippen LogP contribution >= 0.6 is 0 Å². The van der Waals surface area contributed by atoms with E-state index in [-0.39, 0.29) is 5.56 Å². The van der Waals surface area contributed by atoms with Gasteiger partial charge in [0.1, 0.15) is 22.9 Å². The van der Waals surface area contributed by atoms with Gasteiger partial charge in [0.2, 0.25) is 0 Å². The number of ether oxygens (including phenoxy) is 1. The monoisotopic (exact) mass is 364 g/mol. The Kier molecular flexibility index (Phi) is 4.27. The summed E-state index contributed by atoms with van der Waals surface area (Å²) in [6.07, 6.45) is 1.76. The second kappa shape index (κ2) is 6.75. The topological polar surface area (TPSA) is 85.4 Å². The number of nitrogens with one attached hydrogen (secondary N) is 1. The first-order chi connectivity index (χ1) is 13.1. The Morgan fingerprint density at radius 2 is 2.04 bits per heavy atom. The average Bonchev–Trinajstić information content (AvgIpc) is 3.27. The first kappa shape index (κ1) is 17.1. The number of hydrogen-bond acceptors (Lipinski definition) is 5. The Hall–Kier alpha value is -3.35. The van der Waals surface area contributed by atoms with E-state index < -0.39 is 0 Å². The molecule has 0 spiro atoms.